The molecule has 0 aliphatic carbocycles. The lowest BCUT2D eigenvalue weighted by atomic mass is 10.0. The highest BCUT2D eigenvalue weighted by atomic mass is 35.5. The van der Waals surface area contributed by atoms with Gasteiger partial charge in [0.1, 0.15) is 0 Å². The minimum Gasteiger partial charge on any atom is -0.379 e. The van der Waals surface area contributed by atoms with E-state index in [1.165, 1.54) is 0 Å². The number of nitrogens with one attached hydrogen (secondary N) is 3. The van der Waals surface area contributed by atoms with E-state index in [4.69, 9.17) is 4.74 Å². The third-order valence-electron chi connectivity index (χ3n) is 5.19. The molecule has 1 atom stereocenters. The molecule has 0 aromatic heterocycles. The van der Waals surface area contributed by atoms with Crippen molar-refractivity contribution in [2.24, 2.45) is 5.92 Å². The first kappa shape index (κ1) is 25.7. The number of rotatable bonds is 8. The number of hydrogen-bond donors (Lipinski definition) is 3. The quantitative estimate of drug-likeness (QED) is 0.567. The van der Waals surface area contributed by atoms with Crippen LogP contribution in [0.25, 0.3) is 0 Å². The largest absolute Gasteiger partial charge is 0.379 e. The van der Waals surface area contributed by atoms with Crippen molar-refractivity contribution in [3.8, 4) is 0 Å². The van der Waals surface area contributed by atoms with Gasteiger partial charge >= 0.3 is 0 Å². The number of halogens is 2. The summed E-state index contributed by atoms with van der Waals surface area (Å²) in [7, 11) is 0. The minimum atomic E-state index is -0.0881. The molecule has 29 heavy (non-hydrogen) atoms. The van der Waals surface area contributed by atoms with Gasteiger partial charge in [-0.3, -0.25) is 14.5 Å². The third kappa shape index (κ3) is 8.88. The summed E-state index contributed by atoms with van der Waals surface area (Å²) in [6, 6.07) is 7.07. The molecule has 1 aromatic carbocycles. The van der Waals surface area contributed by atoms with Crippen LogP contribution in [0.2, 0.25) is 0 Å². The summed E-state index contributed by atoms with van der Waals surface area (Å²) in [5.41, 5.74) is 1.33. The van der Waals surface area contributed by atoms with Crippen molar-refractivity contribution >= 4 is 42.3 Å². The zero-order chi connectivity index (χ0) is 18.9. The Bertz CT molecular complexity index is 619. The molecule has 0 radical (unpaired) electrons. The van der Waals surface area contributed by atoms with Gasteiger partial charge in [-0.25, -0.2) is 0 Å². The van der Waals surface area contributed by atoms with E-state index in [1.54, 1.807) is 24.3 Å². The van der Waals surface area contributed by atoms with E-state index in [0.29, 0.717) is 24.4 Å². The maximum atomic E-state index is 12.2. The van der Waals surface area contributed by atoms with E-state index < -0.39 is 0 Å². The molecule has 0 bridgehead atoms. The summed E-state index contributed by atoms with van der Waals surface area (Å²) in [6.07, 6.45) is 2.61. The highest BCUT2D eigenvalue weighted by molar-refractivity contribution is 5.95. The average molecular weight is 447 g/mol. The maximum Gasteiger partial charge on any atom is 0.251 e. The number of anilines is 1. The van der Waals surface area contributed by atoms with Gasteiger partial charge in [0.2, 0.25) is 5.91 Å². The minimum absolute atomic E-state index is 0. The first-order valence-corrected chi connectivity index (χ1v) is 9.89. The summed E-state index contributed by atoms with van der Waals surface area (Å²) in [4.78, 5) is 26.6. The molecule has 9 heteroatoms. The van der Waals surface area contributed by atoms with Crippen LogP contribution in [0.15, 0.2) is 24.3 Å². The SMILES string of the molecule is Cl.Cl.O=C(CCC1CCNC1)Nc1ccc(C(=O)NCCN2CCOCC2)cc1. The first-order chi connectivity index (χ1) is 13.2. The molecule has 2 heterocycles. The molecule has 0 saturated carbocycles. The van der Waals surface area contributed by atoms with Gasteiger partial charge in [-0.1, -0.05) is 0 Å². The molecule has 3 N–H and O–H groups in total. The number of nitrogens with zero attached hydrogens (tertiary/aromatic N) is 1. The predicted molar refractivity (Wildman–Crippen MR) is 119 cm³/mol. The third-order valence-corrected chi connectivity index (χ3v) is 5.19. The number of amides is 2. The highest BCUT2D eigenvalue weighted by Crippen LogP contribution is 2.16. The topological polar surface area (TPSA) is 82.7 Å². The Morgan fingerprint density at radius 1 is 1.14 bits per heavy atom. The fourth-order valence-electron chi connectivity index (χ4n) is 3.48. The van der Waals surface area contributed by atoms with Gasteiger partial charge in [0.05, 0.1) is 13.2 Å². The van der Waals surface area contributed by atoms with Gasteiger partial charge in [0.25, 0.3) is 5.91 Å². The van der Waals surface area contributed by atoms with Crippen molar-refractivity contribution in [1.82, 2.24) is 15.5 Å². The lowest BCUT2D eigenvalue weighted by Gasteiger charge is -2.26. The molecular formula is C20H32Cl2N4O3. The second-order valence-electron chi connectivity index (χ2n) is 7.23. The van der Waals surface area contributed by atoms with Crippen LogP contribution < -0.4 is 16.0 Å². The number of ether oxygens (including phenoxy) is 1. The van der Waals surface area contributed by atoms with Crippen LogP contribution in [0.5, 0.6) is 0 Å². The molecule has 3 rings (SSSR count). The molecule has 2 aliphatic rings. The number of morpholine rings is 1. The summed E-state index contributed by atoms with van der Waals surface area (Å²) in [5.74, 6) is 0.554. The van der Waals surface area contributed by atoms with Crippen molar-refractivity contribution in [3.05, 3.63) is 29.8 Å². The van der Waals surface area contributed by atoms with E-state index in [-0.39, 0.29) is 36.6 Å². The normalized spacial score (nSPS) is 19.0. The Morgan fingerprint density at radius 3 is 2.52 bits per heavy atom. The van der Waals surface area contributed by atoms with Crippen LogP contribution in [0.1, 0.15) is 29.6 Å². The van der Waals surface area contributed by atoms with Crippen LogP contribution >= 0.6 is 24.8 Å². The zero-order valence-electron chi connectivity index (χ0n) is 16.7. The van der Waals surface area contributed by atoms with E-state index in [2.05, 4.69) is 20.9 Å². The molecule has 2 aliphatic heterocycles. The van der Waals surface area contributed by atoms with Gasteiger partial charge in [-0.05, 0) is 56.1 Å². The number of carbonyl (C=O) groups is 2. The summed E-state index contributed by atoms with van der Waals surface area (Å²) in [6.45, 7) is 6.89. The van der Waals surface area contributed by atoms with Crippen LogP contribution in [-0.4, -0.2) is 69.2 Å². The summed E-state index contributed by atoms with van der Waals surface area (Å²) >= 11 is 0. The van der Waals surface area contributed by atoms with Crippen LogP contribution in [0, 0.1) is 5.92 Å². The molecule has 2 saturated heterocycles. The standard InChI is InChI=1S/C20H30N4O3.2ClH/c25-19(6-1-16-7-8-21-15-16)23-18-4-2-17(3-5-18)20(26)22-9-10-24-11-13-27-14-12-24;;/h2-5,16,21H,1,6-15H2,(H,22,26)(H,23,25);2*1H. The van der Waals surface area contributed by atoms with E-state index in [1.807, 2.05) is 0 Å². The molecule has 164 valence electrons. The number of carbonyl (C=O) groups excluding carboxylic acids is 2. The van der Waals surface area contributed by atoms with Crippen molar-refractivity contribution in [2.45, 2.75) is 19.3 Å². The summed E-state index contributed by atoms with van der Waals surface area (Å²) < 4.78 is 5.31. The molecule has 2 amide bonds. The van der Waals surface area contributed by atoms with Gasteiger partial charge in [-0.15, -0.1) is 24.8 Å². The van der Waals surface area contributed by atoms with E-state index in [9.17, 15) is 9.59 Å². The molecule has 1 aromatic rings. The Hall–Kier alpha value is -1.38. The lowest BCUT2D eigenvalue weighted by Crippen LogP contribution is -2.41. The second-order valence-corrected chi connectivity index (χ2v) is 7.23. The van der Waals surface area contributed by atoms with E-state index >= 15 is 0 Å². The summed E-state index contributed by atoms with van der Waals surface area (Å²) in [5, 5.41) is 9.17. The van der Waals surface area contributed by atoms with Crippen LogP contribution in [-0.2, 0) is 9.53 Å². The number of hydrogen-bond acceptors (Lipinski definition) is 5. The first-order valence-electron chi connectivity index (χ1n) is 9.89. The van der Waals surface area contributed by atoms with Crippen LogP contribution in [0.4, 0.5) is 5.69 Å². The fraction of sp³-hybridized carbons (Fsp3) is 0.600. The maximum absolute atomic E-state index is 12.2. The molecule has 1 unspecified atom stereocenters. The molecule has 7 nitrogen and oxygen atoms in total. The number of benzene rings is 1. The molecular weight excluding hydrogens is 415 g/mol. The Morgan fingerprint density at radius 2 is 1.86 bits per heavy atom. The Kier molecular flexibility index (Phi) is 12.2. The van der Waals surface area contributed by atoms with Crippen molar-refractivity contribution < 1.29 is 14.3 Å². The molecule has 0 spiro atoms. The Labute approximate surface area is 185 Å². The van der Waals surface area contributed by atoms with E-state index in [0.717, 1.165) is 64.5 Å². The van der Waals surface area contributed by atoms with Gasteiger partial charge in [0.15, 0.2) is 0 Å². The van der Waals surface area contributed by atoms with Gasteiger partial charge < -0.3 is 20.7 Å². The Balaban J connectivity index is 0.00000210. The second kappa shape index (κ2) is 13.8. The highest BCUT2D eigenvalue weighted by Gasteiger charge is 2.16. The van der Waals surface area contributed by atoms with Crippen molar-refractivity contribution in [1.29, 1.82) is 0 Å². The smallest absolute Gasteiger partial charge is 0.251 e. The monoisotopic (exact) mass is 446 g/mol. The van der Waals surface area contributed by atoms with Crippen molar-refractivity contribution in [2.75, 3.05) is 57.8 Å². The van der Waals surface area contributed by atoms with Crippen molar-refractivity contribution in [3.63, 3.8) is 0 Å². The van der Waals surface area contributed by atoms with Gasteiger partial charge in [-0.2, -0.15) is 0 Å². The average Bonchev–Trinajstić information content (AvgIpc) is 3.21. The zero-order valence-corrected chi connectivity index (χ0v) is 18.3. The van der Waals surface area contributed by atoms with Crippen LogP contribution in [0.3, 0.4) is 0 Å². The molecule has 2 fully saturated rings. The van der Waals surface area contributed by atoms with Gasteiger partial charge in [0, 0.05) is 43.9 Å². The fourth-order valence-corrected chi connectivity index (χ4v) is 3.48. The lowest BCUT2D eigenvalue weighted by molar-refractivity contribution is -0.116. The predicted octanol–water partition coefficient (Wildman–Crippen LogP) is 1.92.